The number of guanidine groups is 1. The van der Waals surface area contributed by atoms with Crippen molar-refractivity contribution in [2.75, 3.05) is 11.4 Å². The molecule has 0 radical (unpaired) electrons. The molecule has 1 aliphatic heterocycles. The van der Waals surface area contributed by atoms with Crippen LogP contribution in [0.25, 0.3) is 0 Å². The van der Waals surface area contributed by atoms with Gasteiger partial charge in [0.2, 0.25) is 0 Å². The van der Waals surface area contributed by atoms with Gasteiger partial charge < -0.3 is 10.6 Å². The van der Waals surface area contributed by atoms with Gasteiger partial charge in [0.25, 0.3) is 0 Å². The van der Waals surface area contributed by atoms with Crippen molar-refractivity contribution in [3.05, 3.63) is 29.8 Å². The van der Waals surface area contributed by atoms with Crippen molar-refractivity contribution < 1.29 is 0 Å². The molecule has 0 bridgehead atoms. The van der Waals surface area contributed by atoms with E-state index in [9.17, 15) is 0 Å². The van der Waals surface area contributed by atoms with Crippen molar-refractivity contribution in [1.29, 1.82) is 0 Å². The highest BCUT2D eigenvalue weighted by molar-refractivity contribution is 5.98. The van der Waals surface area contributed by atoms with Crippen LogP contribution in [0.5, 0.6) is 0 Å². The van der Waals surface area contributed by atoms with Crippen LogP contribution in [-0.4, -0.2) is 18.0 Å². The van der Waals surface area contributed by atoms with Crippen LogP contribution in [0.3, 0.4) is 0 Å². The number of nitrogens with zero attached hydrogens (tertiary/aromatic N) is 2. The summed E-state index contributed by atoms with van der Waals surface area (Å²) in [6, 6.07) is 8.70. The van der Waals surface area contributed by atoms with Crippen molar-refractivity contribution in [3.63, 3.8) is 0 Å². The summed E-state index contributed by atoms with van der Waals surface area (Å²) in [4.78, 5) is 6.93. The Morgan fingerprint density at radius 1 is 1.29 bits per heavy atom. The molecule has 0 amide bonds. The molecule has 2 N–H and O–H groups in total. The number of benzene rings is 1. The minimum atomic E-state index is 0.118. The lowest BCUT2D eigenvalue weighted by molar-refractivity contribution is 0.195. The van der Waals surface area contributed by atoms with Crippen LogP contribution in [0.4, 0.5) is 5.69 Å². The number of nitrogens with two attached hydrogens (primary N) is 1. The molecule has 3 heteroatoms. The summed E-state index contributed by atoms with van der Waals surface area (Å²) in [5.74, 6) is 2.22. The maximum atomic E-state index is 6.25. The van der Waals surface area contributed by atoms with Crippen LogP contribution in [-0.2, 0) is 0 Å². The third-order valence-corrected chi connectivity index (χ3v) is 5.33. The van der Waals surface area contributed by atoms with Crippen LogP contribution in [0.1, 0.15) is 45.1 Å². The van der Waals surface area contributed by atoms with E-state index in [0.717, 1.165) is 18.4 Å². The van der Waals surface area contributed by atoms with E-state index >= 15 is 0 Å². The van der Waals surface area contributed by atoms with Gasteiger partial charge in [-0.2, -0.15) is 0 Å². The molecule has 1 aromatic rings. The Morgan fingerprint density at radius 2 is 2.00 bits per heavy atom. The maximum Gasteiger partial charge on any atom is 0.196 e. The van der Waals surface area contributed by atoms with Crippen molar-refractivity contribution in [2.45, 2.75) is 52.0 Å². The monoisotopic (exact) mass is 285 g/mol. The number of rotatable bonds is 2. The Kier molecular flexibility index (Phi) is 3.68. The molecule has 1 fully saturated rings. The van der Waals surface area contributed by atoms with Gasteiger partial charge in [-0.3, -0.25) is 4.99 Å². The SMILES string of the molecule is Cc1ccc(N2C(N)=NCC23CCCC(C(C)C)C3)cc1. The predicted octanol–water partition coefficient (Wildman–Crippen LogP) is 3.71. The summed E-state index contributed by atoms with van der Waals surface area (Å²) in [7, 11) is 0. The largest absolute Gasteiger partial charge is 0.369 e. The van der Waals surface area contributed by atoms with Gasteiger partial charge in [0, 0.05) is 5.69 Å². The molecule has 1 aromatic carbocycles. The molecule has 3 rings (SSSR count). The van der Waals surface area contributed by atoms with E-state index in [2.05, 4.69) is 54.9 Å². The molecular weight excluding hydrogens is 258 g/mol. The summed E-state index contributed by atoms with van der Waals surface area (Å²) < 4.78 is 0. The lowest BCUT2D eigenvalue weighted by Gasteiger charge is -2.45. The van der Waals surface area contributed by atoms with Gasteiger partial charge in [-0.25, -0.2) is 0 Å². The molecule has 1 heterocycles. The highest BCUT2D eigenvalue weighted by atomic mass is 15.4. The Hall–Kier alpha value is -1.51. The number of aryl methyl sites for hydroxylation is 1. The fourth-order valence-electron chi connectivity index (χ4n) is 4.01. The fourth-order valence-corrected chi connectivity index (χ4v) is 4.01. The first kappa shape index (κ1) is 14.4. The van der Waals surface area contributed by atoms with E-state index in [1.54, 1.807) is 0 Å². The summed E-state index contributed by atoms with van der Waals surface area (Å²) in [5.41, 5.74) is 8.85. The van der Waals surface area contributed by atoms with E-state index in [1.807, 2.05) is 0 Å². The Morgan fingerprint density at radius 3 is 2.67 bits per heavy atom. The first-order chi connectivity index (χ1) is 10.0. The van der Waals surface area contributed by atoms with E-state index in [0.29, 0.717) is 5.96 Å². The molecule has 21 heavy (non-hydrogen) atoms. The van der Waals surface area contributed by atoms with Gasteiger partial charge in [-0.15, -0.1) is 0 Å². The summed E-state index contributed by atoms with van der Waals surface area (Å²) in [6.07, 6.45) is 5.05. The molecule has 3 nitrogen and oxygen atoms in total. The van der Waals surface area contributed by atoms with Crippen molar-refractivity contribution in [2.24, 2.45) is 22.6 Å². The molecule has 2 aliphatic rings. The molecular formula is C18H27N3. The van der Waals surface area contributed by atoms with E-state index in [4.69, 9.17) is 5.73 Å². The third kappa shape index (κ3) is 2.54. The highest BCUT2D eigenvalue weighted by Crippen LogP contribution is 2.44. The van der Waals surface area contributed by atoms with Gasteiger partial charge in [0.15, 0.2) is 5.96 Å². The van der Waals surface area contributed by atoms with Crippen molar-refractivity contribution in [1.82, 2.24) is 0 Å². The molecule has 1 spiro atoms. The minimum absolute atomic E-state index is 0.118. The summed E-state index contributed by atoms with van der Waals surface area (Å²) >= 11 is 0. The fraction of sp³-hybridized carbons (Fsp3) is 0.611. The first-order valence-electron chi connectivity index (χ1n) is 8.19. The smallest absolute Gasteiger partial charge is 0.196 e. The number of hydrogen-bond donors (Lipinski definition) is 1. The second-order valence-electron chi connectivity index (χ2n) is 7.17. The van der Waals surface area contributed by atoms with Crippen LogP contribution in [0, 0.1) is 18.8 Å². The Balaban J connectivity index is 1.92. The average Bonchev–Trinajstić information content (AvgIpc) is 2.77. The second-order valence-corrected chi connectivity index (χ2v) is 7.17. The molecule has 1 saturated carbocycles. The quantitative estimate of drug-likeness (QED) is 0.900. The standard InChI is InChI=1S/C18H27N3/c1-13(2)15-5-4-10-18(11-15)12-20-17(19)21(18)16-8-6-14(3)7-9-16/h6-9,13,15H,4-5,10-12H2,1-3H3,(H2,19,20). The summed E-state index contributed by atoms with van der Waals surface area (Å²) in [5, 5.41) is 0. The average molecular weight is 285 g/mol. The number of anilines is 1. The normalized spacial score (nSPS) is 29.2. The van der Waals surface area contributed by atoms with Gasteiger partial charge >= 0.3 is 0 Å². The lowest BCUT2D eigenvalue weighted by atomic mass is 9.71. The third-order valence-electron chi connectivity index (χ3n) is 5.33. The molecule has 114 valence electrons. The van der Waals surface area contributed by atoms with Crippen LogP contribution in [0.2, 0.25) is 0 Å². The highest BCUT2D eigenvalue weighted by Gasteiger charge is 2.46. The van der Waals surface area contributed by atoms with Crippen LogP contribution >= 0.6 is 0 Å². The molecule has 0 saturated heterocycles. The Bertz CT molecular complexity index is 532. The molecule has 1 aliphatic carbocycles. The first-order valence-corrected chi connectivity index (χ1v) is 8.19. The zero-order chi connectivity index (χ0) is 15.0. The molecule has 2 atom stereocenters. The number of aliphatic imine (C=N–C) groups is 1. The second kappa shape index (κ2) is 5.36. The van der Waals surface area contributed by atoms with E-state index < -0.39 is 0 Å². The topological polar surface area (TPSA) is 41.6 Å². The van der Waals surface area contributed by atoms with Gasteiger partial charge in [0.05, 0.1) is 12.1 Å². The maximum absolute atomic E-state index is 6.25. The minimum Gasteiger partial charge on any atom is -0.369 e. The van der Waals surface area contributed by atoms with Crippen molar-refractivity contribution >= 4 is 11.6 Å². The zero-order valence-corrected chi connectivity index (χ0v) is 13.5. The van der Waals surface area contributed by atoms with Crippen LogP contribution < -0.4 is 10.6 Å². The van der Waals surface area contributed by atoms with Crippen molar-refractivity contribution in [3.8, 4) is 0 Å². The molecule has 2 unspecified atom stereocenters. The zero-order valence-electron chi connectivity index (χ0n) is 13.5. The van der Waals surface area contributed by atoms with E-state index in [1.165, 1.54) is 36.9 Å². The van der Waals surface area contributed by atoms with Gasteiger partial charge in [-0.1, -0.05) is 44.4 Å². The summed E-state index contributed by atoms with van der Waals surface area (Å²) in [6.45, 7) is 7.67. The van der Waals surface area contributed by atoms with Gasteiger partial charge in [0.1, 0.15) is 0 Å². The van der Waals surface area contributed by atoms with Crippen LogP contribution in [0.15, 0.2) is 29.3 Å². The lowest BCUT2D eigenvalue weighted by Crippen LogP contribution is -2.54. The Labute approximate surface area is 128 Å². The molecule has 0 aromatic heterocycles. The van der Waals surface area contributed by atoms with E-state index in [-0.39, 0.29) is 5.54 Å². The van der Waals surface area contributed by atoms with Gasteiger partial charge in [-0.05, 0) is 43.7 Å². The number of hydrogen-bond acceptors (Lipinski definition) is 3. The predicted molar refractivity (Wildman–Crippen MR) is 89.7 cm³/mol.